The van der Waals surface area contributed by atoms with Crippen LogP contribution in [0.3, 0.4) is 0 Å². The number of nitrogens with zero attached hydrogens (tertiary/aromatic N) is 1. The Hall–Kier alpha value is -3.72. The Morgan fingerprint density at radius 1 is 1.34 bits per heavy atom. The van der Waals surface area contributed by atoms with Gasteiger partial charge in [0.2, 0.25) is 0 Å². The molecule has 0 saturated carbocycles. The highest BCUT2D eigenvalue weighted by atomic mass is 19.1. The lowest BCUT2D eigenvalue weighted by molar-refractivity contribution is -0.142. The molecule has 0 saturated heterocycles. The first-order valence-corrected chi connectivity index (χ1v) is 9.92. The number of allylic oxidation sites excluding steroid dienone is 1. The summed E-state index contributed by atoms with van der Waals surface area (Å²) in [4.78, 5) is 28.5. The van der Waals surface area contributed by atoms with Crippen molar-refractivity contribution in [2.24, 2.45) is 0 Å². The molecule has 3 heterocycles. The van der Waals surface area contributed by atoms with E-state index in [2.05, 4.69) is 20.4 Å². The fourth-order valence-electron chi connectivity index (χ4n) is 3.74. The lowest BCUT2D eigenvalue weighted by Gasteiger charge is -2.23. The smallest absolute Gasteiger partial charge is 0.330 e. The molecule has 1 atom stereocenters. The Kier molecular flexibility index (Phi) is 5.43. The first-order valence-electron chi connectivity index (χ1n) is 9.92. The molecule has 0 radical (unpaired) electrons. The minimum atomic E-state index is -0.929. The van der Waals surface area contributed by atoms with Gasteiger partial charge in [-0.15, -0.1) is 0 Å². The van der Waals surface area contributed by atoms with Crippen molar-refractivity contribution in [1.29, 1.82) is 0 Å². The zero-order chi connectivity index (χ0) is 23.0. The summed E-state index contributed by atoms with van der Waals surface area (Å²) in [5, 5.41) is 14.9. The standard InChI is InChI=1S/C23H22FN3O5/c1-23(2)15(12-4-7-19(25-10-12)26-17(11-28)22(30)31-3)9-18(32-23)20-14-8-13(24)5-6-16(14)27-21(20)29/h4-10,17,28H,11H2,1-3H3,(H,25,26)(H,27,29)/b20-18+/t17-/m1/s1. The van der Waals surface area contributed by atoms with Gasteiger partial charge in [0, 0.05) is 28.6 Å². The van der Waals surface area contributed by atoms with Crippen molar-refractivity contribution in [3.05, 3.63) is 65.3 Å². The largest absolute Gasteiger partial charge is 0.482 e. The molecule has 0 bridgehead atoms. The number of fused-ring (bicyclic) bond motifs is 1. The van der Waals surface area contributed by atoms with Crippen LogP contribution in [0.5, 0.6) is 0 Å². The van der Waals surface area contributed by atoms with E-state index in [4.69, 9.17) is 4.74 Å². The molecule has 32 heavy (non-hydrogen) atoms. The van der Waals surface area contributed by atoms with Crippen LogP contribution in [-0.4, -0.2) is 47.3 Å². The summed E-state index contributed by atoms with van der Waals surface area (Å²) in [5.41, 5.74) is 2.01. The highest BCUT2D eigenvalue weighted by Gasteiger charge is 2.38. The van der Waals surface area contributed by atoms with Crippen LogP contribution in [-0.2, 0) is 19.1 Å². The van der Waals surface area contributed by atoms with Gasteiger partial charge in [-0.05, 0) is 50.3 Å². The fraction of sp³-hybridized carbons (Fsp3) is 0.261. The van der Waals surface area contributed by atoms with E-state index in [9.17, 15) is 19.1 Å². The molecule has 1 amide bonds. The molecule has 1 aromatic heterocycles. The van der Waals surface area contributed by atoms with Crippen LogP contribution < -0.4 is 10.6 Å². The number of methoxy groups -OCH3 is 1. The number of hydrogen-bond donors (Lipinski definition) is 3. The molecule has 0 spiro atoms. The van der Waals surface area contributed by atoms with Crippen molar-refractivity contribution in [2.45, 2.75) is 25.5 Å². The summed E-state index contributed by atoms with van der Waals surface area (Å²) in [7, 11) is 1.24. The number of halogens is 1. The lowest BCUT2D eigenvalue weighted by Crippen LogP contribution is -2.34. The number of ether oxygens (including phenoxy) is 2. The number of aliphatic hydroxyl groups excluding tert-OH is 1. The molecule has 166 valence electrons. The maximum absolute atomic E-state index is 13.8. The van der Waals surface area contributed by atoms with E-state index in [1.165, 1.54) is 25.3 Å². The second-order valence-electron chi connectivity index (χ2n) is 7.89. The molecule has 1 aromatic carbocycles. The van der Waals surface area contributed by atoms with Crippen LogP contribution in [0.1, 0.15) is 25.0 Å². The molecule has 2 aliphatic heterocycles. The summed E-state index contributed by atoms with van der Waals surface area (Å²) in [6, 6.07) is 6.63. The Labute approximate surface area is 183 Å². The van der Waals surface area contributed by atoms with Gasteiger partial charge >= 0.3 is 5.97 Å². The van der Waals surface area contributed by atoms with Crippen LogP contribution in [0.15, 0.2) is 48.4 Å². The highest BCUT2D eigenvalue weighted by Crippen LogP contribution is 2.44. The van der Waals surface area contributed by atoms with Gasteiger partial charge in [-0.3, -0.25) is 4.79 Å². The number of rotatable bonds is 5. The Morgan fingerprint density at radius 3 is 2.78 bits per heavy atom. The maximum Gasteiger partial charge on any atom is 0.330 e. The maximum atomic E-state index is 13.8. The second-order valence-corrected chi connectivity index (χ2v) is 7.89. The molecule has 0 aliphatic carbocycles. The molecule has 9 heteroatoms. The van der Waals surface area contributed by atoms with E-state index in [1.807, 2.05) is 13.8 Å². The fourth-order valence-corrected chi connectivity index (χ4v) is 3.74. The van der Waals surface area contributed by atoms with Gasteiger partial charge in [-0.25, -0.2) is 14.2 Å². The molecule has 2 aliphatic rings. The Balaban J connectivity index is 1.67. The normalized spacial score (nSPS) is 19.5. The van der Waals surface area contributed by atoms with E-state index in [0.717, 1.165) is 11.1 Å². The van der Waals surface area contributed by atoms with Crippen LogP contribution in [0.4, 0.5) is 15.9 Å². The average Bonchev–Trinajstić information content (AvgIpc) is 3.26. The van der Waals surface area contributed by atoms with Crippen molar-refractivity contribution >= 4 is 34.5 Å². The number of carbonyl (C=O) groups is 2. The number of amides is 1. The van der Waals surface area contributed by atoms with Gasteiger partial charge in [0.05, 0.1) is 19.3 Å². The highest BCUT2D eigenvalue weighted by molar-refractivity contribution is 6.32. The van der Waals surface area contributed by atoms with Gasteiger partial charge in [0.25, 0.3) is 5.91 Å². The molecule has 2 aromatic rings. The number of pyridine rings is 1. The third-order valence-corrected chi connectivity index (χ3v) is 5.33. The van der Waals surface area contributed by atoms with Crippen LogP contribution >= 0.6 is 0 Å². The first-order chi connectivity index (χ1) is 15.2. The molecular weight excluding hydrogens is 417 g/mol. The number of nitrogens with one attached hydrogen (secondary N) is 2. The van der Waals surface area contributed by atoms with E-state index in [1.54, 1.807) is 24.4 Å². The van der Waals surface area contributed by atoms with Crippen molar-refractivity contribution in [3.8, 4) is 0 Å². The molecule has 3 N–H and O–H groups in total. The summed E-state index contributed by atoms with van der Waals surface area (Å²) in [6.45, 7) is 3.27. The van der Waals surface area contributed by atoms with Crippen molar-refractivity contribution < 1.29 is 28.6 Å². The SMILES string of the molecule is COC(=O)[C@@H](CO)Nc1ccc(C2=C/C(=C3\C(=O)Nc4ccc(F)cc43)OC2(C)C)cn1. The van der Waals surface area contributed by atoms with Gasteiger partial charge < -0.3 is 25.2 Å². The third kappa shape index (κ3) is 3.82. The van der Waals surface area contributed by atoms with E-state index >= 15 is 0 Å². The monoisotopic (exact) mass is 439 g/mol. The minimum absolute atomic E-state index is 0.276. The van der Waals surface area contributed by atoms with Gasteiger partial charge in [-0.1, -0.05) is 0 Å². The van der Waals surface area contributed by atoms with Crippen LogP contribution in [0.25, 0.3) is 11.1 Å². The van der Waals surface area contributed by atoms with Crippen LogP contribution in [0.2, 0.25) is 0 Å². The summed E-state index contributed by atoms with van der Waals surface area (Å²) >= 11 is 0. The first kappa shape index (κ1) is 21.5. The molecule has 0 fully saturated rings. The number of aliphatic hydroxyl groups is 1. The van der Waals surface area contributed by atoms with Crippen LogP contribution in [0, 0.1) is 5.82 Å². The average molecular weight is 439 g/mol. The van der Waals surface area contributed by atoms with E-state index in [-0.39, 0.29) is 11.5 Å². The van der Waals surface area contributed by atoms with Crippen molar-refractivity contribution in [1.82, 2.24) is 4.98 Å². The van der Waals surface area contributed by atoms with E-state index < -0.39 is 30.0 Å². The van der Waals surface area contributed by atoms with Gasteiger partial charge in [0.1, 0.15) is 29.0 Å². The predicted molar refractivity (Wildman–Crippen MR) is 116 cm³/mol. The van der Waals surface area contributed by atoms with Gasteiger partial charge in [-0.2, -0.15) is 0 Å². The number of anilines is 2. The second kappa shape index (κ2) is 8.08. The number of hydrogen-bond acceptors (Lipinski definition) is 7. The zero-order valence-electron chi connectivity index (χ0n) is 17.7. The Bertz CT molecular complexity index is 1150. The number of carbonyl (C=O) groups excluding carboxylic acids is 2. The quantitative estimate of drug-likeness (QED) is 0.485. The summed E-state index contributed by atoms with van der Waals surface area (Å²) in [5.74, 6) is -0.673. The minimum Gasteiger partial charge on any atom is -0.482 e. The Morgan fingerprint density at radius 2 is 2.12 bits per heavy atom. The molecule has 4 rings (SSSR count). The molecule has 8 nitrogen and oxygen atoms in total. The number of aromatic nitrogens is 1. The van der Waals surface area contributed by atoms with Crippen molar-refractivity contribution in [3.63, 3.8) is 0 Å². The number of esters is 1. The summed E-state index contributed by atoms with van der Waals surface area (Å²) in [6.07, 6.45) is 3.35. The van der Waals surface area contributed by atoms with E-state index in [0.29, 0.717) is 22.8 Å². The zero-order valence-corrected chi connectivity index (χ0v) is 17.7. The lowest BCUT2D eigenvalue weighted by atomic mass is 9.93. The third-order valence-electron chi connectivity index (χ3n) is 5.33. The molecular formula is C23H22FN3O5. The molecule has 0 unspecified atom stereocenters. The number of benzene rings is 1. The van der Waals surface area contributed by atoms with Crippen molar-refractivity contribution in [2.75, 3.05) is 24.4 Å². The van der Waals surface area contributed by atoms with Gasteiger partial charge in [0.15, 0.2) is 0 Å². The summed E-state index contributed by atoms with van der Waals surface area (Å²) < 4.78 is 24.5. The topological polar surface area (TPSA) is 110 Å². The predicted octanol–water partition coefficient (Wildman–Crippen LogP) is 2.72.